The van der Waals surface area contributed by atoms with Crippen molar-refractivity contribution < 1.29 is 4.39 Å². The third kappa shape index (κ3) is 7.01. The molecular formula is C36H45FN2. The lowest BCUT2D eigenvalue weighted by Gasteiger charge is -2.18. The lowest BCUT2D eigenvalue weighted by atomic mass is 9.91. The van der Waals surface area contributed by atoms with Gasteiger partial charge in [-0.1, -0.05) is 102 Å². The van der Waals surface area contributed by atoms with Gasteiger partial charge in [-0.2, -0.15) is 0 Å². The van der Waals surface area contributed by atoms with E-state index in [0.717, 1.165) is 64.6 Å². The van der Waals surface area contributed by atoms with Crippen molar-refractivity contribution in [2.24, 2.45) is 5.92 Å². The molecule has 3 heteroatoms. The average molecular weight is 525 g/mol. The quantitative estimate of drug-likeness (QED) is 0.325. The maximum Gasteiger partial charge on any atom is 0.123 e. The summed E-state index contributed by atoms with van der Waals surface area (Å²) in [6.45, 7) is 14.3. The molecular weight excluding hydrogens is 479 g/mol. The van der Waals surface area contributed by atoms with E-state index in [4.69, 9.17) is 0 Å². The highest BCUT2D eigenvalue weighted by Crippen LogP contribution is 2.44. The van der Waals surface area contributed by atoms with Crippen LogP contribution in [0, 0.1) is 11.7 Å². The van der Waals surface area contributed by atoms with Gasteiger partial charge in [0.15, 0.2) is 0 Å². The topological polar surface area (TPSA) is 17.0 Å². The molecule has 0 unspecified atom stereocenters. The van der Waals surface area contributed by atoms with Gasteiger partial charge in [-0.15, -0.1) is 0 Å². The first-order chi connectivity index (χ1) is 18.9. The van der Waals surface area contributed by atoms with E-state index in [1.165, 1.54) is 49.9 Å². The van der Waals surface area contributed by atoms with Crippen molar-refractivity contribution >= 4 is 5.70 Å². The maximum atomic E-state index is 13.8. The van der Waals surface area contributed by atoms with E-state index >= 15 is 0 Å². The van der Waals surface area contributed by atoms with E-state index in [-0.39, 0.29) is 11.7 Å². The van der Waals surface area contributed by atoms with Crippen LogP contribution in [0.2, 0.25) is 0 Å². The number of nitrogens with one attached hydrogen (secondary N) is 1. The molecule has 0 atom stereocenters. The van der Waals surface area contributed by atoms with Gasteiger partial charge >= 0.3 is 0 Å². The Balaban J connectivity index is 0.000000438. The molecule has 2 aliphatic carbocycles. The van der Waals surface area contributed by atoms with Crippen LogP contribution in [0.25, 0.3) is 28.1 Å². The van der Waals surface area contributed by atoms with Gasteiger partial charge < -0.3 is 9.88 Å². The molecule has 0 radical (unpaired) electrons. The summed E-state index contributed by atoms with van der Waals surface area (Å²) in [6, 6.07) is 17.3. The zero-order chi connectivity index (χ0) is 27.8. The summed E-state index contributed by atoms with van der Waals surface area (Å²) in [5.74, 6) is 1.10. The van der Waals surface area contributed by atoms with E-state index in [1.807, 2.05) is 18.2 Å². The summed E-state index contributed by atoms with van der Waals surface area (Å²) in [4.78, 5) is 0. The molecule has 0 aliphatic heterocycles. The van der Waals surface area contributed by atoms with Gasteiger partial charge in [0.05, 0.1) is 5.69 Å². The third-order valence-corrected chi connectivity index (χ3v) is 7.83. The van der Waals surface area contributed by atoms with Gasteiger partial charge in [0.1, 0.15) is 5.82 Å². The summed E-state index contributed by atoms with van der Waals surface area (Å²) < 4.78 is 16.1. The predicted octanol–water partition coefficient (Wildman–Crippen LogP) is 10.5. The van der Waals surface area contributed by atoms with Crippen molar-refractivity contribution in [1.29, 1.82) is 0 Å². The van der Waals surface area contributed by atoms with Gasteiger partial charge in [-0.3, -0.25) is 0 Å². The minimum Gasteiger partial charge on any atom is -0.356 e. The van der Waals surface area contributed by atoms with Crippen LogP contribution in [-0.4, -0.2) is 4.57 Å². The summed E-state index contributed by atoms with van der Waals surface area (Å²) in [7, 11) is 0. The van der Waals surface area contributed by atoms with Crippen LogP contribution < -0.4 is 5.32 Å². The number of aromatic nitrogens is 1. The van der Waals surface area contributed by atoms with Crippen molar-refractivity contribution in [3.63, 3.8) is 0 Å². The molecule has 1 saturated carbocycles. The Morgan fingerprint density at radius 1 is 0.974 bits per heavy atom. The van der Waals surface area contributed by atoms with Crippen LogP contribution in [0.1, 0.15) is 89.8 Å². The Morgan fingerprint density at radius 2 is 1.67 bits per heavy atom. The Bertz CT molecular complexity index is 1290. The zero-order valence-electron chi connectivity index (χ0n) is 24.3. The van der Waals surface area contributed by atoms with Crippen LogP contribution >= 0.6 is 0 Å². The molecule has 1 heterocycles. The molecule has 1 N–H and O–H groups in total. The monoisotopic (exact) mass is 524 g/mol. The maximum absolute atomic E-state index is 13.8. The van der Waals surface area contributed by atoms with E-state index < -0.39 is 0 Å². The molecule has 2 aromatic carbocycles. The number of hydrogen-bond donors (Lipinski definition) is 1. The van der Waals surface area contributed by atoms with Gasteiger partial charge in [0, 0.05) is 34.8 Å². The molecule has 39 heavy (non-hydrogen) atoms. The van der Waals surface area contributed by atoms with E-state index in [0.29, 0.717) is 0 Å². The SMILES string of the molecule is C=C(NC1=CCCC=C1)c1c(-c2ccccc2)c(-c2ccc(F)cc2)n(CC)c1C(C)C.CC1CCCCC1. The van der Waals surface area contributed by atoms with Crippen molar-refractivity contribution in [2.45, 2.75) is 85.1 Å². The minimum absolute atomic E-state index is 0.226. The fourth-order valence-corrected chi connectivity index (χ4v) is 5.91. The second-order valence-electron chi connectivity index (χ2n) is 11.2. The normalized spacial score (nSPS) is 15.5. The molecule has 2 aliphatic rings. The van der Waals surface area contributed by atoms with Crippen LogP contribution in [-0.2, 0) is 6.54 Å². The lowest BCUT2D eigenvalue weighted by Crippen LogP contribution is -2.13. The first kappa shape index (κ1) is 28.7. The number of hydrogen-bond acceptors (Lipinski definition) is 1. The fourth-order valence-electron chi connectivity index (χ4n) is 5.91. The summed E-state index contributed by atoms with van der Waals surface area (Å²) in [5.41, 5.74) is 8.73. The average Bonchev–Trinajstić information content (AvgIpc) is 3.31. The van der Waals surface area contributed by atoms with Crippen molar-refractivity contribution in [3.05, 3.63) is 102 Å². The molecule has 3 aromatic rings. The summed E-state index contributed by atoms with van der Waals surface area (Å²) >= 11 is 0. The summed E-state index contributed by atoms with van der Waals surface area (Å²) in [5, 5.41) is 3.57. The van der Waals surface area contributed by atoms with E-state index in [2.05, 4.69) is 86.7 Å². The van der Waals surface area contributed by atoms with Gasteiger partial charge in [-0.05, 0) is 73.1 Å². The van der Waals surface area contributed by atoms with Crippen molar-refractivity contribution in [1.82, 2.24) is 9.88 Å². The van der Waals surface area contributed by atoms with Crippen LogP contribution in [0.3, 0.4) is 0 Å². The largest absolute Gasteiger partial charge is 0.356 e. The Morgan fingerprint density at radius 3 is 2.21 bits per heavy atom. The van der Waals surface area contributed by atoms with Crippen molar-refractivity contribution in [3.8, 4) is 22.4 Å². The highest BCUT2D eigenvalue weighted by molar-refractivity contribution is 5.93. The smallest absolute Gasteiger partial charge is 0.123 e. The third-order valence-electron chi connectivity index (χ3n) is 7.83. The summed E-state index contributed by atoms with van der Waals surface area (Å²) in [6.07, 6.45) is 16.1. The lowest BCUT2D eigenvalue weighted by molar-refractivity contribution is 0.385. The Hall–Kier alpha value is -3.33. The molecule has 1 aromatic heterocycles. The molecule has 206 valence electrons. The molecule has 1 fully saturated rings. The van der Waals surface area contributed by atoms with Crippen LogP contribution in [0.15, 0.2) is 85.1 Å². The first-order valence-corrected chi connectivity index (χ1v) is 14.8. The molecule has 0 bridgehead atoms. The molecule has 2 nitrogen and oxygen atoms in total. The molecule has 5 rings (SSSR count). The van der Waals surface area contributed by atoms with E-state index in [9.17, 15) is 4.39 Å². The van der Waals surface area contributed by atoms with Gasteiger partial charge in [0.2, 0.25) is 0 Å². The Labute approximate surface area is 235 Å². The second-order valence-corrected chi connectivity index (χ2v) is 11.2. The number of nitrogens with zero attached hydrogens (tertiary/aromatic N) is 1. The van der Waals surface area contributed by atoms with E-state index in [1.54, 1.807) is 0 Å². The minimum atomic E-state index is -0.226. The fraction of sp³-hybridized carbons (Fsp3) is 0.389. The highest BCUT2D eigenvalue weighted by Gasteiger charge is 2.27. The van der Waals surface area contributed by atoms with Gasteiger partial charge in [0.25, 0.3) is 0 Å². The molecule has 0 spiro atoms. The van der Waals surface area contributed by atoms with Crippen LogP contribution in [0.4, 0.5) is 4.39 Å². The Kier molecular flexibility index (Phi) is 10.0. The predicted molar refractivity (Wildman–Crippen MR) is 166 cm³/mol. The number of benzene rings is 2. The number of halogens is 1. The van der Waals surface area contributed by atoms with Crippen LogP contribution in [0.5, 0.6) is 0 Å². The van der Waals surface area contributed by atoms with Gasteiger partial charge in [-0.25, -0.2) is 4.39 Å². The zero-order valence-corrected chi connectivity index (χ0v) is 24.3. The first-order valence-electron chi connectivity index (χ1n) is 14.8. The number of allylic oxidation sites excluding steroid dienone is 3. The van der Waals surface area contributed by atoms with Crippen molar-refractivity contribution in [2.75, 3.05) is 0 Å². The number of rotatable bonds is 7. The standard InChI is InChI=1S/C29H31FN2.C7H14/c1-5-32-28(20(2)3)26(21(4)31-25-14-10-7-11-15-25)27(22-12-8-6-9-13-22)29(32)23-16-18-24(30)19-17-23;1-7-5-3-2-4-6-7/h6,8-10,12-20,31H,4-5,7,11H2,1-3H3;7H,2-6H2,1H3. The highest BCUT2D eigenvalue weighted by atomic mass is 19.1. The second kappa shape index (κ2) is 13.6. The molecule has 0 amide bonds. The molecule has 0 saturated heterocycles.